The first-order chi connectivity index (χ1) is 13.0. The Balaban J connectivity index is 1.93. The number of anilines is 1. The summed E-state index contributed by atoms with van der Waals surface area (Å²) in [6.45, 7) is 2.50. The Kier molecular flexibility index (Phi) is 5.82. The third-order valence-corrected chi connectivity index (χ3v) is 6.20. The first-order valence-electron chi connectivity index (χ1n) is 9.02. The van der Waals surface area contributed by atoms with E-state index in [0.717, 1.165) is 12.0 Å². The highest BCUT2D eigenvalue weighted by molar-refractivity contribution is 7.89. The Bertz CT molecular complexity index is 913. The molecule has 1 amide bonds. The second kappa shape index (κ2) is 8.10. The van der Waals surface area contributed by atoms with E-state index >= 15 is 0 Å². The van der Waals surface area contributed by atoms with E-state index in [4.69, 9.17) is 4.74 Å². The highest BCUT2D eigenvalue weighted by Crippen LogP contribution is 2.34. The van der Waals surface area contributed by atoms with Crippen molar-refractivity contribution >= 4 is 21.6 Å². The standard InChI is InChI=1S/C20H24N2O4S/c1-3-17(15-8-5-4-6-9-15)21-27(24,25)16-11-12-19(26-2)18(14-16)22-13-7-10-20(22)23/h4-6,8-9,11-12,14,17,21H,3,7,10,13H2,1-2H3/t17-/m0/s1. The molecular formula is C20H24N2O4S. The van der Waals surface area contributed by atoms with Crippen molar-refractivity contribution in [2.45, 2.75) is 37.1 Å². The van der Waals surface area contributed by atoms with Crippen LogP contribution in [0, 0.1) is 0 Å². The smallest absolute Gasteiger partial charge is 0.241 e. The van der Waals surface area contributed by atoms with Gasteiger partial charge in [-0.1, -0.05) is 37.3 Å². The minimum Gasteiger partial charge on any atom is -0.495 e. The number of ether oxygens (including phenoxy) is 1. The summed E-state index contributed by atoms with van der Waals surface area (Å²) in [5, 5.41) is 0. The van der Waals surface area contributed by atoms with Crippen LogP contribution in [0.25, 0.3) is 0 Å². The van der Waals surface area contributed by atoms with E-state index in [9.17, 15) is 13.2 Å². The van der Waals surface area contributed by atoms with Gasteiger partial charge in [0, 0.05) is 19.0 Å². The molecule has 1 saturated heterocycles. The van der Waals surface area contributed by atoms with Gasteiger partial charge in [-0.05, 0) is 36.6 Å². The molecule has 0 unspecified atom stereocenters. The van der Waals surface area contributed by atoms with Crippen molar-refractivity contribution in [1.29, 1.82) is 0 Å². The quantitative estimate of drug-likeness (QED) is 0.790. The first kappa shape index (κ1) is 19.4. The molecule has 2 aromatic rings. The summed E-state index contributed by atoms with van der Waals surface area (Å²) in [6, 6.07) is 13.8. The predicted octanol–water partition coefficient (Wildman–Crippen LogP) is 3.25. The van der Waals surface area contributed by atoms with Gasteiger partial charge in [0.2, 0.25) is 15.9 Å². The van der Waals surface area contributed by atoms with Crippen LogP contribution in [0.3, 0.4) is 0 Å². The molecule has 1 N–H and O–H groups in total. The summed E-state index contributed by atoms with van der Waals surface area (Å²) in [7, 11) is -2.25. The van der Waals surface area contributed by atoms with Gasteiger partial charge in [-0.3, -0.25) is 4.79 Å². The van der Waals surface area contributed by atoms with Gasteiger partial charge < -0.3 is 9.64 Å². The normalized spacial score (nSPS) is 15.8. The molecule has 0 radical (unpaired) electrons. The number of carbonyl (C=O) groups is 1. The van der Waals surface area contributed by atoms with Crippen molar-refractivity contribution in [3.05, 3.63) is 54.1 Å². The maximum Gasteiger partial charge on any atom is 0.241 e. The van der Waals surface area contributed by atoms with Gasteiger partial charge in [0.15, 0.2) is 0 Å². The summed E-state index contributed by atoms with van der Waals surface area (Å²) in [5.74, 6) is 0.464. The fraction of sp³-hybridized carbons (Fsp3) is 0.350. The van der Waals surface area contributed by atoms with Gasteiger partial charge in [-0.25, -0.2) is 13.1 Å². The first-order valence-corrected chi connectivity index (χ1v) is 10.5. The molecule has 1 atom stereocenters. The molecule has 0 aromatic heterocycles. The van der Waals surface area contributed by atoms with Gasteiger partial charge in [-0.15, -0.1) is 0 Å². The molecule has 1 aliphatic rings. The van der Waals surface area contributed by atoms with Crippen molar-refractivity contribution < 1.29 is 17.9 Å². The van der Waals surface area contributed by atoms with E-state index in [-0.39, 0.29) is 16.8 Å². The van der Waals surface area contributed by atoms with Gasteiger partial charge in [0.05, 0.1) is 17.7 Å². The lowest BCUT2D eigenvalue weighted by Gasteiger charge is -2.21. The maximum atomic E-state index is 13.0. The fourth-order valence-corrected chi connectivity index (χ4v) is 4.61. The summed E-state index contributed by atoms with van der Waals surface area (Å²) in [4.78, 5) is 13.8. The van der Waals surface area contributed by atoms with Crippen LogP contribution in [0.2, 0.25) is 0 Å². The molecule has 1 aliphatic heterocycles. The van der Waals surface area contributed by atoms with Crippen LogP contribution in [-0.2, 0) is 14.8 Å². The molecule has 0 saturated carbocycles. The SMILES string of the molecule is CC[C@H](NS(=O)(=O)c1ccc(OC)c(N2CCCC2=O)c1)c1ccccc1. The number of amides is 1. The summed E-state index contributed by atoms with van der Waals surface area (Å²) in [5.41, 5.74) is 1.41. The minimum absolute atomic E-state index is 0.0217. The van der Waals surface area contributed by atoms with Crippen LogP contribution in [0.1, 0.15) is 37.8 Å². The van der Waals surface area contributed by atoms with Gasteiger partial charge in [0.1, 0.15) is 5.75 Å². The minimum atomic E-state index is -3.76. The molecule has 3 rings (SSSR count). The predicted molar refractivity (Wildman–Crippen MR) is 104 cm³/mol. The van der Waals surface area contributed by atoms with Crippen LogP contribution in [0.15, 0.2) is 53.4 Å². The average Bonchev–Trinajstić information content (AvgIpc) is 3.12. The molecule has 6 nitrogen and oxygen atoms in total. The topological polar surface area (TPSA) is 75.7 Å². The average molecular weight is 388 g/mol. The maximum absolute atomic E-state index is 13.0. The number of benzene rings is 2. The third kappa shape index (κ3) is 4.14. The Hall–Kier alpha value is -2.38. The lowest BCUT2D eigenvalue weighted by atomic mass is 10.1. The lowest BCUT2D eigenvalue weighted by Crippen LogP contribution is -2.29. The van der Waals surface area contributed by atoms with E-state index in [1.165, 1.54) is 19.2 Å². The zero-order valence-electron chi connectivity index (χ0n) is 15.5. The van der Waals surface area contributed by atoms with Crippen molar-refractivity contribution in [1.82, 2.24) is 4.72 Å². The van der Waals surface area contributed by atoms with Gasteiger partial charge in [-0.2, -0.15) is 0 Å². The Morgan fingerprint density at radius 3 is 2.52 bits per heavy atom. The number of hydrogen-bond acceptors (Lipinski definition) is 4. The molecular weight excluding hydrogens is 364 g/mol. The number of sulfonamides is 1. The van der Waals surface area contributed by atoms with Gasteiger partial charge >= 0.3 is 0 Å². The number of nitrogens with zero attached hydrogens (tertiary/aromatic N) is 1. The highest BCUT2D eigenvalue weighted by atomic mass is 32.2. The Morgan fingerprint density at radius 2 is 1.93 bits per heavy atom. The van der Waals surface area contributed by atoms with E-state index < -0.39 is 10.0 Å². The lowest BCUT2D eigenvalue weighted by molar-refractivity contribution is -0.117. The molecule has 1 fully saturated rings. The number of nitrogens with one attached hydrogen (secondary N) is 1. The summed E-state index contributed by atoms with van der Waals surface area (Å²) < 4.78 is 34.0. The number of carbonyl (C=O) groups excluding carboxylic acids is 1. The second-order valence-corrected chi connectivity index (χ2v) is 8.19. The second-order valence-electron chi connectivity index (χ2n) is 6.48. The zero-order chi connectivity index (χ0) is 19.4. The van der Waals surface area contributed by atoms with Crippen molar-refractivity contribution in [3.8, 4) is 5.75 Å². The molecule has 1 heterocycles. The molecule has 0 aliphatic carbocycles. The molecule has 144 valence electrons. The molecule has 2 aromatic carbocycles. The van der Waals surface area contributed by atoms with E-state index in [2.05, 4.69) is 4.72 Å². The van der Waals surface area contributed by atoms with Crippen LogP contribution >= 0.6 is 0 Å². The monoisotopic (exact) mass is 388 g/mol. The molecule has 0 spiro atoms. The fourth-order valence-electron chi connectivity index (χ4n) is 3.28. The third-order valence-electron chi connectivity index (χ3n) is 4.73. The van der Waals surface area contributed by atoms with E-state index in [1.54, 1.807) is 11.0 Å². The number of rotatable bonds is 7. The molecule has 27 heavy (non-hydrogen) atoms. The van der Waals surface area contributed by atoms with Crippen LogP contribution in [-0.4, -0.2) is 28.0 Å². The van der Waals surface area contributed by atoms with Crippen LogP contribution < -0.4 is 14.4 Å². The number of hydrogen-bond donors (Lipinski definition) is 1. The molecule has 7 heteroatoms. The van der Waals surface area contributed by atoms with Crippen LogP contribution in [0.5, 0.6) is 5.75 Å². The Morgan fingerprint density at radius 1 is 1.19 bits per heavy atom. The summed E-state index contributed by atoms with van der Waals surface area (Å²) in [6.07, 6.45) is 1.84. The Labute approximate surface area is 160 Å². The van der Waals surface area contributed by atoms with Crippen molar-refractivity contribution in [3.63, 3.8) is 0 Å². The van der Waals surface area contributed by atoms with E-state index in [1.807, 2.05) is 37.3 Å². The van der Waals surface area contributed by atoms with E-state index in [0.29, 0.717) is 30.8 Å². The molecule has 0 bridgehead atoms. The number of methoxy groups -OCH3 is 1. The largest absolute Gasteiger partial charge is 0.495 e. The van der Waals surface area contributed by atoms with Crippen molar-refractivity contribution in [2.24, 2.45) is 0 Å². The van der Waals surface area contributed by atoms with Crippen LogP contribution in [0.4, 0.5) is 5.69 Å². The van der Waals surface area contributed by atoms with Crippen molar-refractivity contribution in [2.75, 3.05) is 18.6 Å². The highest BCUT2D eigenvalue weighted by Gasteiger charge is 2.27. The summed E-state index contributed by atoms with van der Waals surface area (Å²) >= 11 is 0. The van der Waals surface area contributed by atoms with Gasteiger partial charge in [0.25, 0.3) is 0 Å². The zero-order valence-corrected chi connectivity index (χ0v) is 16.3.